The third-order valence-electron chi connectivity index (χ3n) is 8.11. The molecule has 50 heavy (non-hydrogen) atoms. The predicted molar refractivity (Wildman–Crippen MR) is 201 cm³/mol. The second kappa shape index (κ2) is 18.0. The van der Waals surface area contributed by atoms with Crippen LogP contribution in [0.3, 0.4) is 0 Å². The van der Waals surface area contributed by atoms with Crippen molar-refractivity contribution >= 4 is 18.4 Å². The summed E-state index contributed by atoms with van der Waals surface area (Å²) in [5.41, 5.74) is 2.83. The summed E-state index contributed by atoms with van der Waals surface area (Å²) in [6.07, 6.45) is 0.0722. The summed E-state index contributed by atoms with van der Waals surface area (Å²) in [6.45, 7) is 7.04. The van der Waals surface area contributed by atoms with Crippen LogP contribution in [0, 0.1) is 0 Å². The van der Waals surface area contributed by atoms with Gasteiger partial charge in [-0.3, -0.25) is 0 Å². The van der Waals surface area contributed by atoms with E-state index in [-0.39, 0.29) is 18.8 Å². The molecule has 4 unspecified atom stereocenters. The summed E-state index contributed by atoms with van der Waals surface area (Å²) in [5.74, 6) is 0.788. The molecule has 0 amide bonds. The first-order chi connectivity index (χ1) is 24.1. The van der Waals surface area contributed by atoms with Gasteiger partial charge in [-0.25, -0.2) is 5.09 Å². The van der Waals surface area contributed by atoms with Gasteiger partial charge in [-0.2, -0.15) is 0 Å². The van der Waals surface area contributed by atoms with Gasteiger partial charge in [-0.1, -0.05) is 103 Å². The highest BCUT2D eigenvalue weighted by molar-refractivity contribution is 8.09. The molecule has 0 radical (unpaired) electrons. The van der Waals surface area contributed by atoms with Gasteiger partial charge in [-0.05, 0) is 74.7 Å². The molecule has 0 saturated carbocycles. The summed E-state index contributed by atoms with van der Waals surface area (Å²) in [4.78, 5) is 0. The van der Waals surface area contributed by atoms with Crippen LogP contribution in [-0.4, -0.2) is 57.9 Å². The van der Waals surface area contributed by atoms with Crippen molar-refractivity contribution in [3.63, 3.8) is 0 Å². The van der Waals surface area contributed by atoms with Crippen molar-refractivity contribution in [2.24, 2.45) is 0 Å². The average Bonchev–Trinajstić information content (AvgIpc) is 3.59. The number of benzene rings is 4. The van der Waals surface area contributed by atoms with Gasteiger partial charge < -0.3 is 32.7 Å². The summed E-state index contributed by atoms with van der Waals surface area (Å²) >= 11 is 6.03. The fourth-order valence-corrected chi connectivity index (χ4v) is 9.16. The Morgan fingerprint density at radius 3 is 1.88 bits per heavy atom. The zero-order chi connectivity index (χ0) is 35.5. The van der Waals surface area contributed by atoms with Gasteiger partial charge in [0.05, 0.1) is 45.7 Å². The van der Waals surface area contributed by atoms with Crippen LogP contribution in [0.15, 0.2) is 115 Å². The zero-order valence-corrected chi connectivity index (χ0v) is 31.4. The predicted octanol–water partition coefficient (Wildman–Crippen LogP) is 8.56. The maximum absolute atomic E-state index is 6.99. The highest BCUT2D eigenvalue weighted by Crippen LogP contribution is 2.49. The van der Waals surface area contributed by atoms with Gasteiger partial charge in [0.1, 0.15) is 17.5 Å². The third-order valence-corrected chi connectivity index (χ3v) is 11.0. The minimum Gasteiger partial charge on any atom is -0.497 e. The minimum absolute atomic E-state index is 0.0527. The molecule has 0 bridgehead atoms. The second-order valence-electron chi connectivity index (χ2n) is 13.3. The zero-order valence-electron chi connectivity index (χ0n) is 29.7. The molecule has 4 aromatic rings. The van der Waals surface area contributed by atoms with Crippen molar-refractivity contribution in [1.29, 1.82) is 0 Å². The molecular formula is C40H50NO7PS. The van der Waals surface area contributed by atoms with Crippen molar-refractivity contribution in [2.75, 3.05) is 40.1 Å². The van der Waals surface area contributed by atoms with E-state index < -0.39 is 24.1 Å². The lowest BCUT2D eigenvalue weighted by Gasteiger charge is -2.37. The van der Waals surface area contributed by atoms with E-state index in [1.54, 1.807) is 7.11 Å². The number of hydrogen-bond acceptors (Lipinski definition) is 8. The lowest BCUT2D eigenvalue weighted by Crippen LogP contribution is -2.35. The lowest BCUT2D eigenvalue weighted by molar-refractivity contribution is -0.0749. The Bertz CT molecular complexity index is 1520. The number of rotatable bonds is 18. The van der Waals surface area contributed by atoms with Crippen LogP contribution in [0.2, 0.25) is 0 Å². The first-order valence-electron chi connectivity index (χ1n) is 17.1. The topological polar surface area (TPSA) is 76.6 Å². The normalized spacial score (nSPS) is 18.4. The van der Waals surface area contributed by atoms with Crippen LogP contribution >= 0.6 is 6.64 Å². The van der Waals surface area contributed by atoms with E-state index in [1.165, 1.54) is 0 Å². The second-order valence-corrected chi connectivity index (χ2v) is 16.4. The maximum Gasteiger partial charge on any atom is 0.262 e. The van der Waals surface area contributed by atoms with Crippen LogP contribution in [-0.2, 0) is 45.4 Å². The number of nitrogens with one attached hydrogen (secondary N) is 1. The molecule has 4 atom stereocenters. The Morgan fingerprint density at radius 1 is 0.800 bits per heavy atom. The number of hydrogen-bond donors (Lipinski definition) is 1. The highest BCUT2D eigenvalue weighted by Gasteiger charge is 2.38. The average molecular weight is 720 g/mol. The molecule has 8 nitrogen and oxygen atoms in total. The quantitative estimate of drug-likeness (QED) is 0.0619. The van der Waals surface area contributed by atoms with Crippen LogP contribution < -0.4 is 9.82 Å². The van der Waals surface area contributed by atoms with Crippen molar-refractivity contribution in [3.05, 3.63) is 138 Å². The Kier molecular flexibility index (Phi) is 13.8. The van der Waals surface area contributed by atoms with E-state index >= 15 is 0 Å². The molecule has 1 aliphatic rings. The molecular weight excluding hydrogens is 669 g/mol. The van der Waals surface area contributed by atoms with E-state index in [1.807, 2.05) is 63.2 Å². The molecule has 4 aromatic carbocycles. The summed E-state index contributed by atoms with van der Waals surface area (Å²) < 4.78 is 42.6. The molecule has 1 fully saturated rings. The molecule has 5 rings (SSSR count). The third kappa shape index (κ3) is 10.5. The molecule has 1 aliphatic heterocycles. The van der Waals surface area contributed by atoms with E-state index in [0.717, 1.165) is 28.0 Å². The molecule has 268 valence electrons. The number of ether oxygens (including phenoxy) is 5. The molecule has 1 N–H and O–H groups in total. The summed E-state index contributed by atoms with van der Waals surface area (Å²) in [5, 5.41) is 3.51. The van der Waals surface area contributed by atoms with Gasteiger partial charge in [0.25, 0.3) is 6.64 Å². The summed E-state index contributed by atoms with van der Waals surface area (Å²) in [7, 11) is 1.64. The molecule has 1 saturated heterocycles. The molecule has 0 aromatic heterocycles. The Morgan fingerprint density at radius 2 is 1.36 bits per heavy atom. The highest BCUT2D eigenvalue weighted by atomic mass is 32.5. The van der Waals surface area contributed by atoms with Gasteiger partial charge in [0, 0.05) is 11.6 Å². The Hall–Kier alpha value is -2.95. The van der Waals surface area contributed by atoms with E-state index in [9.17, 15) is 0 Å². The molecule has 10 heteroatoms. The van der Waals surface area contributed by atoms with Crippen LogP contribution in [0.4, 0.5) is 0 Å². The fraction of sp³-hybridized carbons (Fsp3) is 0.400. The minimum atomic E-state index is -2.89. The largest absolute Gasteiger partial charge is 0.497 e. The van der Waals surface area contributed by atoms with Gasteiger partial charge in [-0.15, -0.1) is 0 Å². The molecule has 1 heterocycles. The first-order valence-corrected chi connectivity index (χ1v) is 19.8. The van der Waals surface area contributed by atoms with E-state index in [0.29, 0.717) is 32.8 Å². The Balaban J connectivity index is 1.16. The summed E-state index contributed by atoms with van der Waals surface area (Å²) in [6, 6.07) is 38.8. The smallest absolute Gasteiger partial charge is 0.262 e. The van der Waals surface area contributed by atoms with Gasteiger partial charge in [0.2, 0.25) is 0 Å². The monoisotopic (exact) mass is 719 g/mol. The van der Waals surface area contributed by atoms with Crippen molar-refractivity contribution in [3.8, 4) is 5.75 Å². The van der Waals surface area contributed by atoms with Gasteiger partial charge >= 0.3 is 0 Å². The van der Waals surface area contributed by atoms with Crippen LogP contribution in [0.5, 0.6) is 5.75 Å². The molecule has 0 aliphatic carbocycles. The van der Waals surface area contributed by atoms with Crippen LogP contribution in [0.25, 0.3) is 0 Å². The van der Waals surface area contributed by atoms with Gasteiger partial charge in [0.15, 0.2) is 6.29 Å². The molecule has 0 spiro atoms. The van der Waals surface area contributed by atoms with Crippen LogP contribution in [0.1, 0.15) is 62.7 Å². The first kappa shape index (κ1) is 38.3. The number of methoxy groups -OCH3 is 1. The van der Waals surface area contributed by atoms with Crippen molar-refractivity contribution < 1.29 is 32.7 Å². The standard InChI is InChI=1S/C40H50NO7PS/c1-31(25-26-45-40(33-15-9-6-10-16-33,34-17-11-7-12-18-34)35-19-13-8-14-20-35)41-49(50,48-39(2,3)4)46-28-27-43-29-37-30-44-38(47-37)32-21-23-36(42-5)24-22-32/h6-24,31,37-38H,25-30H2,1-5H3,(H,41,50). The fourth-order valence-electron chi connectivity index (χ4n) is 5.84. The Labute approximate surface area is 302 Å². The SMILES string of the molecule is COc1ccc(C2OCC(COCCOP(=S)(NC(C)CCOC(c3ccccc3)(c3ccccc3)c3ccccc3)OC(C)(C)C)O2)cc1. The van der Waals surface area contributed by atoms with Crippen molar-refractivity contribution in [1.82, 2.24) is 5.09 Å². The lowest BCUT2D eigenvalue weighted by atomic mass is 9.80. The van der Waals surface area contributed by atoms with E-state index in [4.69, 9.17) is 44.5 Å². The van der Waals surface area contributed by atoms with Crippen molar-refractivity contribution in [2.45, 2.75) is 63.8 Å². The maximum atomic E-state index is 6.99. The van der Waals surface area contributed by atoms with E-state index in [2.05, 4.69) is 84.8 Å².